The second-order valence-corrected chi connectivity index (χ2v) is 6.29. The number of rotatable bonds is 4. The van der Waals surface area contributed by atoms with Gasteiger partial charge in [-0.1, -0.05) is 0 Å². The largest absolute Gasteiger partial charge is 0.490 e. The molecule has 1 fully saturated rings. The zero-order valence-corrected chi connectivity index (χ0v) is 13.7. The van der Waals surface area contributed by atoms with Crippen LogP contribution in [0.5, 0.6) is 11.5 Å². The summed E-state index contributed by atoms with van der Waals surface area (Å²) in [7, 11) is 0. The van der Waals surface area contributed by atoms with E-state index in [1.807, 2.05) is 4.90 Å². The molecule has 6 heteroatoms. The van der Waals surface area contributed by atoms with E-state index in [-0.39, 0.29) is 18.4 Å². The number of carbonyl (C=O) groups is 2. The molecule has 2 aliphatic rings. The summed E-state index contributed by atoms with van der Waals surface area (Å²) in [4.78, 5) is 25.6. The highest BCUT2D eigenvalue weighted by Gasteiger charge is 2.28. The van der Waals surface area contributed by atoms with Crippen LogP contribution in [0.15, 0.2) is 18.2 Å². The molecule has 1 saturated heterocycles. The normalized spacial score (nSPS) is 20.3. The average Bonchev–Trinajstić information content (AvgIpc) is 2.84. The Kier molecular flexibility index (Phi) is 5.23. The first-order chi connectivity index (χ1) is 11.6. The maximum atomic E-state index is 12.9. The van der Waals surface area contributed by atoms with Crippen molar-refractivity contribution in [2.24, 2.45) is 0 Å². The van der Waals surface area contributed by atoms with Crippen LogP contribution in [0.1, 0.15) is 48.9 Å². The number of carbonyl (C=O) groups excluding carboxylic acids is 1. The van der Waals surface area contributed by atoms with Gasteiger partial charge in [-0.2, -0.15) is 0 Å². The van der Waals surface area contributed by atoms with Gasteiger partial charge in [0, 0.05) is 31.0 Å². The van der Waals surface area contributed by atoms with Gasteiger partial charge in [-0.3, -0.25) is 9.59 Å². The highest BCUT2D eigenvalue weighted by atomic mass is 16.5. The van der Waals surface area contributed by atoms with Crippen molar-refractivity contribution in [3.05, 3.63) is 23.8 Å². The van der Waals surface area contributed by atoms with Crippen molar-refractivity contribution < 1.29 is 24.2 Å². The lowest BCUT2D eigenvalue weighted by Gasteiger charge is -2.35. The number of ether oxygens (including phenoxy) is 2. The number of likely N-dealkylation sites (tertiary alicyclic amines) is 1. The number of hydrogen-bond donors (Lipinski definition) is 1. The maximum Gasteiger partial charge on any atom is 0.303 e. The number of piperidine rings is 1. The number of carboxylic acid groups (broad SMARTS) is 1. The summed E-state index contributed by atoms with van der Waals surface area (Å²) in [5.41, 5.74) is 0.571. The quantitative estimate of drug-likeness (QED) is 0.917. The summed E-state index contributed by atoms with van der Waals surface area (Å²) in [5, 5.41) is 8.91. The van der Waals surface area contributed by atoms with Gasteiger partial charge in [0.15, 0.2) is 11.5 Å². The Bertz CT molecular complexity index is 615. The third-order valence-corrected chi connectivity index (χ3v) is 4.57. The van der Waals surface area contributed by atoms with E-state index in [9.17, 15) is 9.59 Å². The van der Waals surface area contributed by atoms with Gasteiger partial charge in [0.1, 0.15) is 0 Å². The van der Waals surface area contributed by atoms with Crippen molar-refractivity contribution in [2.45, 2.75) is 44.6 Å². The molecular formula is C18H23NO5. The zero-order valence-electron chi connectivity index (χ0n) is 13.7. The molecule has 1 amide bonds. The van der Waals surface area contributed by atoms with Crippen LogP contribution in [0.2, 0.25) is 0 Å². The third-order valence-electron chi connectivity index (χ3n) is 4.57. The van der Waals surface area contributed by atoms with Crippen LogP contribution < -0.4 is 9.47 Å². The van der Waals surface area contributed by atoms with E-state index < -0.39 is 5.97 Å². The molecular weight excluding hydrogens is 310 g/mol. The molecule has 0 spiro atoms. The summed E-state index contributed by atoms with van der Waals surface area (Å²) < 4.78 is 11.3. The number of benzene rings is 1. The van der Waals surface area contributed by atoms with Crippen molar-refractivity contribution in [2.75, 3.05) is 19.8 Å². The zero-order chi connectivity index (χ0) is 16.9. The number of fused-ring (bicyclic) bond motifs is 1. The standard InChI is InChI=1S/C18H23NO5/c20-17(21)8-6-14-4-1-2-9-19(14)18(22)13-5-7-15-16(12-13)24-11-3-10-23-15/h5,7,12,14H,1-4,6,8-11H2,(H,20,21)/t14-/m1/s1. The minimum atomic E-state index is -0.816. The lowest BCUT2D eigenvalue weighted by molar-refractivity contribution is -0.137. The highest BCUT2D eigenvalue weighted by Crippen LogP contribution is 2.32. The molecule has 0 aliphatic carbocycles. The number of aliphatic carboxylic acids is 1. The van der Waals surface area contributed by atoms with Crippen molar-refractivity contribution in [3.63, 3.8) is 0 Å². The number of nitrogens with zero attached hydrogens (tertiary/aromatic N) is 1. The van der Waals surface area contributed by atoms with Crippen LogP contribution in [0, 0.1) is 0 Å². The Morgan fingerprint density at radius 2 is 1.92 bits per heavy atom. The van der Waals surface area contributed by atoms with Gasteiger partial charge in [-0.15, -0.1) is 0 Å². The molecule has 1 aromatic rings. The van der Waals surface area contributed by atoms with E-state index >= 15 is 0 Å². The van der Waals surface area contributed by atoms with Gasteiger partial charge in [-0.05, 0) is 43.9 Å². The van der Waals surface area contributed by atoms with Crippen LogP contribution in [0.3, 0.4) is 0 Å². The third kappa shape index (κ3) is 3.80. The summed E-state index contributed by atoms with van der Waals surface area (Å²) in [6.45, 7) is 1.87. The first kappa shape index (κ1) is 16.6. The fourth-order valence-corrected chi connectivity index (χ4v) is 3.32. The second-order valence-electron chi connectivity index (χ2n) is 6.29. The fourth-order valence-electron chi connectivity index (χ4n) is 3.32. The molecule has 24 heavy (non-hydrogen) atoms. The summed E-state index contributed by atoms with van der Waals surface area (Å²) >= 11 is 0. The number of amides is 1. The molecule has 3 rings (SSSR count). The smallest absolute Gasteiger partial charge is 0.303 e. The molecule has 2 heterocycles. The first-order valence-electron chi connectivity index (χ1n) is 8.57. The molecule has 1 atom stereocenters. The van der Waals surface area contributed by atoms with Crippen LogP contribution >= 0.6 is 0 Å². The predicted octanol–water partition coefficient (Wildman–Crippen LogP) is 2.71. The van der Waals surface area contributed by atoms with Crippen molar-refractivity contribution in [3.8, 4) is 11.5 Å². The Morgan fingerprint density at radius 1 is 1.12 bits per heavy atom. The van der Waals surface area contributed by atoms with E-state index in [0.29, 0.717) is 43.2 Å². The summed E-state index contributed by atoms with van der Waals surface area (Å²) in [6.07, 6.45) is 4.28. The van der Waals surface area contributed by atoms with Crippen molar-refractivity contribution in [1.82, 2.24) is 4.90 Å². The summed E-state index contributed by atoms with van der Waals surface area (Å²) in [5.74, 6) is 0.409. The molecule has 6 nitrogen and oxygen atoms in total. The first-order valence-corrected chi connectivity index (χ1v) is 8.57. The van der Waals surface area contributed by atoms with Gasteiger partial charge in [0.25, 0.3) is 5.91 Å². The molecule has 1 N–H and O–H groups in total. The van der Waals surface area contributed by atoms with E-state index in [0.717, 1.165) is 25.7 Å². The van der Waals surface area contributed by atoms with Gasteiger partial charge in [0.05, 0.1) is 13.2 Å². The van der Waals surface area contributed by atoms with E-state index in [2.05, 4.69) is 0 Å². The molecule has 0 unspecified atom stereocenters. The molecule has 2 aliphatic heterocycles. The molecule has 0 saturated carbocycles. The predicted molar refractivity (Wildman–Crippen MR) is 87.6 cm³/mol. The van der Waals surface area contributed by atoms with Crippen molar-refractivity contribution >= 4 is 11.9 Å². The second kappa shape index (κ2) is 7.55. The molecule has 0 radical (unpaired) electrons. The Balaban J connectivity index is 1.76. The van der Waals surface area contributed by atoms with E-state index in [1.165, 1.54) is 0 Å². The topological polar surface area (TPSA) is 76.1 Å². The summed E-state index contributed by atoms with van der Waals surface area (Å²) in [6, 6.07) is 5.28. The minimum absolute atomic E-state index is 0.00155. The lowest BCUT2D eigenvalue weighted by Crippen LogP contribution is -2.44. The minimum Gasteiger partial charge on any atom is -0.490 e. The maximum absolute atomic E-state index is 12.9. The molecule has 1 aromatic carbocycles. The van der Waals surface area contributed by atoms with Crippen LogP contribution in [-0.2, 0) is 4.79 Å². The van der Waals surface area contributed by atoms with Gasteiger partial charge >= 0.3 is 5.97 Å². The Labute approximate surface area is 141 Å². The molecule has 130 valence electrons. The van der Waals surface area contributed by atoms with E-state index in [4.69, 9.17) is 14.6 Å². The lowest BCUT2D eigenvalue weighted by atomic mass is 9.97. The number of carboxylic acids is 1. The molecule has 0 aromatic heterocycles. The van der Waals surface area contributed by atoms with E-state index in [1.54, 1.807) is 18.2 Å². The fraction of sp³-hybridized carbons (Fsp3) is 0.556. The SMILES string of the molecule is O=C(O)CC[C@H]1CCCCN1C(=O)c1ccc2c(c1)OCCCO2. The Hall–Kier alpha value is -2.24. The average molecular weight is 333 g/mol. The van der Waals surface area contributed by atoms with Gasteiger partial charge in [0.2, 0.25) is 0 Å². The highest BCUT2D eigenvalue weighted by molar-refractivity contribution is 5.95. The van der Waals surface area contributed by atoms with Crippen LogP contribution in [-0.4, -0.2) is 47.7 Å². The van der Waals surface area contributed by atoms with Crippen LogP contribution in [0.4, 0.5) is 0 Å². The van der Waals surface area contributed by atoms with Gasteiger partial charge < -0.3 is 19.5 Å². The van der Waals surface area contributed by atoms with Crippen molar-refractivity contribution in [1.29, 1.82) is 0 Å². The van der Waals surface area contributed by atoms with Crippen LogP contribution in [0.25, 0.3) is 0 Å². The monoisotopic (exact) mass is 333 g/mol. The van der Waals surface area contributed by atoms with Gasteiger partial charge in [-0.25, -0.2) is 0 Å². The number of hydrogen-bond acceptors (Lipinski definition) is 4. The Morgan fingerprint density at radius 3 is 2.71 bits per heavy atom. The molecule has 0 bridgehead atoms.